The van der Waals surface area contributed by atoms with Crippen molar-refractivity contribution in [1.29, 1.82) is 0 Å². The first-order valence-electron chi connectivity index (χ1n) is 5.81. The number of hydrogen-bond acceptors (Lipinski definition) is 2. The van der Waals surface area contributed by atoms with Crippen LogP contribution in [0, 0.1) is 18.6 Å². The Labute approximate surface area is 109 Å². The number of nitrogens with two attached hydrogens (primary N) is 1. The predicted octanol–water partition coefficient (Wildman–Crippen LogP) is 3.28. The molecule has 4 heteroatoms. The summed E-state index contributed by atoms with van der Waals surface area (Å²) in [5.74, 6) is -2.19. The summed E-state index contributed by atoms with van der Waals surface area (Å²) < 4.78 is 26.5. The number of ketones is 1. The number of anilines is 1. The monoisotopic (exact) mass is 261 g/mol. The molecule has 0 saturated heterocycles. The van der Waals surface area contributed by atoms with E-state index in [-0.39, 0.29) is 17.8 Å². The third-order valence-electron chi connectivity index (χ3n) is 2.97. The van der Waals surface area contributed by atoms with Crippen molar-refractivity contribution in [3.63, 3.8) is 0 Å². The van der Waals surface area contributed by atoms with Gasteiger partial charge in [-0.15, -0.1) is 0 Å². The van der Waals surface area contributed by atoms with Gasteiger partial charge in [-0.3, -0.25) is 4.79 Å². The van der Waals surface area contributed by atoms with Crippen LogP contribution in [0.4, 0.5) is 14.5 Å². The van der Waals surface area contributed by atoms with Crippen LogP contribution in [0.1, 0.15) is 21.5 Å². The molecular weight excluding hydrogens is 248 g/mol. The maximum atomic E-state index is 13.5. The highest BCUT2D eigenvalue weighted by Crippen LogP contribution is 2.17. The van der Waals surface area contributed by atoms with Crippen molar-refractivity contribution in [1.82, 2.24) is 0 Å². The lowest BCUT2D eigenvalue weighted by atomic mass is 10.0. The normalized spacial score (nSPS) is 10.5. The van der Waals surface area contributed by atoms with Gasteiger partial charge in [0, 0.05) is 17.7 Å². The maximum Gasteiger partial charge on any atom is 0.167 e. The Hall–Kier alpha value is -2.23. The highest BCUT2D eigenvalue weighted by Gasteiger charge is 2.13. The molecule has 0 aliphatic heterocycles. The van der Waals surface area contributed by atoms with Gasteiger partial charge in [-0.05, 0) is 42.3 Å². The smallest absolute Gasteiger partial charge is 0.167 e. The second kappa shape index (κ2) is 5.18. The number of rotatable bonds is 3. The molecular formula is C15H13F2NO. The topological polar surface area (TPSA) is 43.1 Å². The zero-order valence-electron chi connectivity index (χ0n) is 10.4. The number of Topliss-reactive ketones (excluding diaryl/α,β-unsaturated/α-hetero) is 1. The van der Waals surface area contributed by atoms with Gasteiger partial charge >= 0.3 is 0 Å². The molecule has 0 bridgehead atoms. The van der Waals surface area contributed by atoms with Gasteiger partial charge in [0.05, 0.1) is 0 Å². The molecule has 0 aliphatic rings. The van der Waals surface area contributed by atoms with E-state index in [9.17, 15) is 13.6 Å². The number of halogens is 2. The zero-order chi connectivity index (χ0) is 14.0. The average Bonchev–Trinajstić information content (AvgIpc) is 2.38. The largest absolute Gasteiger partial charge is 0.399 e. The lowest BCUT2D eigenvalue weighted by Gasteiger charge is -2.06. The van der Waals surface area contributed by atoms with Crippen molar-refractivity contribution in [2.24, 2.45) is 0 Å². The summed E-state index contributed by atoms with van der Waals surface area (Å²) in [5, 5.41) is 0. The Bertz CT molecular complexity index is 638. The third kappa shape index (κ3) is 2.78. The summed E-state index contributed by atoms with van der Waals surface area (Å²) in [6, 6.07) is 8.67. The fraction of sp³-hybridized carbons (Fsp3) is 0.133. The molecule has 0 aromatic heterocycles. The standard InChI is InChI=1S/C15H13F2NO/c1-9-7-10(5-6-13(9)18)14(19)8-11-3-2-4-12(16)15(11)17/h2-7H,8,18H2,1H3. The van der Waals surface area contributed by atoms with Gasteiger partial charge in [-0.25, -0.2) is 8.78 Å². The molecule has 98 valence electrons. The number of nitrogen functional groups attached to an aromatic ring is 1. The number of benzene rings is 2. The quantitative estimate of drug-likeness (QED) is 0.680. The molecule has 0 amide bonds. The number of aryl methyl sites for hydroxylation is 1. The molecule has 2 rings (SSSR count). The Kier molecular flexibility index (Phi) is 3.60. The number of hydrogen-bond donors (Lipinski definition) is 1. The van der Waals surface area contributed by atoms with Crippen molar-refractivity contribution >= 4 is 11.5 Å². The molecule has 0 spiro atoms. The number of carbonyl (C=O) groups is 1. The minimum atomic E-state index is -0.969. The summed E-state index contributed by atoms with van der Waals surface area (Å²) >= 11 is 0. The second-order valence-corrected chi connectivity index (χ2v) is 4.38. The molecule has 0 radical (unpaired) electrons. The lowest BCUT2D eigenvalue weighted by molar-refractivity contribution is 0.0991. The van der Waals surface area contributed by atoms with Crippen LogP contribution in [0.3, 0.4) is 0 Å². The second-order valence-electron chi connectivity index (χ2n) is 4.38. The molecule has 0 saturated carbocycles. The summed E-state index contributed by atoms with van der Waals surface area (Å²) in [4.78, 5) is 12.0. The van der Waals surface area contributed by atoms with E-state index >= 15 is 0 Å². The molecule has 0 unspecified atom stereocenters. The summed E-state index contributed by atoms with van der Waals surface area (Å²) in [6.07, 6.45) is -0.174. The van der Waals surface area contributed by atoms with Gasteiger partial charge in [0.1, 0.15) is 0 Å². The minimum absolute atomic E-state index is 0.0551. The molecule has 0 atom stereocenters. The van der Waals surface area contributed by atoms with E-state index in [1.165, 1.54) is 12.1 Å². The first kappa shape index (κ1) is 13.2. The van der Waals surface area contributed by atoms with Crippen LogP contribution < -0.4 is 5.73 Å². The highest BCUT2D eigenvalue weighted by atomic mass is 19.2. The van der Waals surface area contributed by atoms with Crippen LogP contribution in [0.25, 0.3) is 0 Å². The highest BCUT2D eigenvalue weighted by molar-refractivity contribution is 5.98. The van der Waals surface area contributed by atoms with E-state index in [2.05, 4.69) is 0 Å². The molecule has 2 N–H and O–H groups in total. The van der Waals surface area contributed by atoms with E-state index in [0.717, 1.165) is 11.6 Å². The van der Waals surface area contributed by atoms with Crippen LogP contribution in [0.5, 0.6) is 0 Å². The van der Waals surface area contributed by atoms with Gasteiger partial charge in [0.25, 0.3) is 0 Å². The first-order chi connectivity index (χ1) is 8.99. The Morgan fingerprint density at radius 1 is 1.21 bits per heavy atom. The molecule has 0 heterocycles. The van der Waals surface area contributed by atoms with Crippen molar-refractivity contribution in [3.05, 3.63) is 64.7 Å². The van der Waals surface area contributed by atoms with Gasteiger partial charge in [0.2, 0.25) is 0 Å². The Morgan fingerprint density at radius 2 is 1.95 bits per heavy atom. The Balaban J connectivity index is 2.26. The van der Waals surface area contributed by atoms with Crippen molar-refractivity contribution < 1.29 is 13.6 Å². The lowest BCUT2D eigenvalue weighted by Crippen LogP contribution is -2.07. The molecule has 0 fully saturated rings. The maximum absolute atomic E-state index is 13.5. The van der Waals surface area contributed by atoms with Crippen molar-refractivity contribution in [2.75, 3.05) is 5.73 Å². The third-order valence-corrected chi connectivity index (χ3v) is 2.97. The van der Waals surface area contributed by atoms with E-state index in [0.29, 0.717) is 11.3 Å². The van der Waals surface area contributed by atoms with Gasteiger partial charge in [-0.2, -0.15) is 0 Å². The molecule has 19 heavy (non-hydrogen) atoms. The Morgan fingerprint density at radius 3 is 2.63 bits per heavy atom. The van der Waals surface area contributed by atoms with E-state index < -0.39 is 11.6 Å². The van der Waals surface area contributed by atoms with Crippen LogP contribution in [0.15, 0.2) is 36.4 Å². The van der Waals surface area contributed by atoms with E-state index in [1.54, 1.807) is 25.1 Å². The molecule has 2 aromatic carbocycles. The fourth-order valence-corrected chi connectivity index (χ4v) is 1.81. The van der Waals surface area contributed by atoms with Crippen molar-refractivity contribution in [3.8, 4) is 0 Å². The molecule has 2 nitrogen and oxygen atoms in total. The zero-order valence-corrected chi connectivity index (χ0v) is 10.4. The van der Waals surface area contributed by atoms with Crippen LogP contribution >= 0.6 is 0 Å². The number of carbonyl (C=O) groups excluding carboxylic acids is 1. The van der Waals surface area contributed by atoms with Crippen LogP contribution in [0.2, 0.25) is 0 Å². The summed E-state index contributed by atoms with van der Waals surface area (Å²) in [5.41, 5.74) is 7.53. The van der Waals surface area contributed by atoms with Gasteiger partial charge < -0.3 is 5.73 Å². The van der Waals surface area contributed by atoms with Gasteiger partial charge in [0.15, 0.2) is 17.4 Å². The van der Waals surface area contributed by atoms with Gasteiger partial charge in [-0.1, -0.05) is 12.1 Å². The molecule has 0 aliphatic carbocycles. The summed E-state index contributed by atoms with van der Waals surface area (Å²) in [6.45, 7) is 1.79. The molecule has 2 aromatic rings. The predicted molar refractivity (Wildman–Crippen MR) is 70.0 cm³/mol. The fourth-order valence-electron chi connectivity index (χ4n) is 1.81. The SMILES string of the molecule is Cc1cc(C(=O)Cc2cccc(F)c2F)ccc1N. The first-order valence-corrected chi connectivity index (χ1v) is 5.81. The van der Waals surface area contributed by atoms with Crippen molar-refractivity contribution in [2.45, 2.75) is 13.3 Å². The van der Waals surface area contributed by atoms with E-state index in [1.807, 2.05) is 0 Å². The van der Waals surface area contributed by atoms with E-state index in [4.69, 9.17) is 5.73 Å². The summed E-state index contributed by atoms with van der Waals surface area (Å²) in [7, 11) is 0. The average molecular weight is 261 g/mol. The minimum Gasteiger partial charge on any atom is -0.399 e. The van der Waals surface area contributed by atoms with Crippen LogP contribution in [-0.2, 0) is 6.42 Å². The van der Waals surface area contributed by atoms with Crippen LogP contribution in [-0.4, -0.2) is 5.78 Å².